The van der Waals surface area contributed by atoms with Gasteiger partial charge in [-0.1, -0.05) is 0 Å². The van der Waals surface area contributed by atoms with Crippen LogP contribution in [0.15, 0.2) is 29.1 Å². The fourth-order valence-corrected chi connectivity index (χ4v) is 2.58. The first kappa shape index (κ1) is 13.5. The average Bonchev–Trinajstić information content (AvgIpc) is 2.87. The Labute approximate surface area is 122 Å². The second kappa shape index (κ2) is 5.12. The molecule has 1 aliphatic rings. The van der Waals surface area contributed by atoms with Crippen LogP contribution in [0.5, 0.6) is 0 Å². The average molecular weight is 286 g/mol. The monoisotopic (exact) mass is 286 g/mol. The summed E-state index contributed by atoms with van der Waals surface area (Å²) in [5, 5.41) is 5.44. The molecule has 6 nitrogen and oxygen atoms in total. The number of aromatic nitrogens is 2. The standard InChI is InChI=1S/C15H18N4O2/c1-18(2)11-5-3-10(4-6-11)15(21)19-8-7-13-12(9-19)14(20)17-16-13/h3-6H,7-9H2,1-2H3,(H2,16,17,20). The number of amides is 1. The minimum absolute atomic E-state index is 0.0356. The van der Waals surface area contributed by atoms with Gasteiger partial charge in [-0.2, -0.15) is 0 Å². The molecule has 0 saturated carbocycles. The van der Waals surface area contributed by atoms with Gasteiger partial charge in [0.05, 0.1) is 12.1 Å². The van der Waals surface area contributed by atoms with Gasteiger partial charge in [0, 0.05) is 44.0 Å². The van der Waals surface area contributed by atoms with Crippen LogP contribution < -0.4 is 10.5 Å². The summed E-state index contributed by atoms with van der Waals surface area (Å²) in [5.41, 5.74) is 3.14. The lowest BCUT2D eigenvalue weighted by Crippen LogP contribution is -2.37. The number of aromatic amines is 2. The summed E-state index contributed by atoms with van der Waals surface area (Å²) < 4.78 is 0. The molecule has 3 rings (SSSR count). The zero-order valence-electron chi connectivity index (χ0n) is 12.1. The quantitative estimate of drug-likeness (QED) is 0.864. The van der Waals surface area contributed by atoms with Crippen LogP contribution in [0.1, 0.15) is 21.6 Å². The van der Waals surface area contributed by atoms with E-state index in [9.17, 15) is 9.59 Å². The second-order valence-corrected chi connectivity index (χ2v) is 5.45. The molecule has 1 aromatic carbocycles. The molecule has 0 saturated heterocycles. The maximum Gasteiger partial charge on any atom is 0.269 e. The Hall–Kier alpha value is -2.50. The number of hydrogen-bond acceptors (Lipinski definition) is 3. The van der Waals surface area contributed by atoms with Crippen LogP contribution in [0.2, 0.25) is 0 Å². The Morgan fingerprint density at radius 1 is 1.19 bits per heavy atom. The molecule has 21 heavy (non-hydrogen) atoms. The number of anilines is 1. The lowest BCUT2D eigenvalue weighted by molar-refractivity contribution is 0.0734. The third-order valence-electron chi connectivity index (χ3n) is 3.86. The van der Waals surface area contributed by atoms with E-state index in [4.69, 9.17) is 0 Å². The number of H-pyrrole nitrogens is 2. The van der Waals surface area contributed by atoms with E-state index in [-0.39, 0.29) is 11.5 Å². The van der Waals surface area contributed by atoms with Gasteiger partial charge in [0.15, 0.2) is 0 Å². The summed E-state index contributed by atoms with van der Waals surface area (Å²) in [6.07, 6.45) is 0.676. The van der Waals surface area contributed by atoms with Gasteiger partial charge in [0.2, 0.25) is 0 Å². The minimum Gasteiger partial charge on any atom is -0.378 e. The van der Waals surface area contributed by atoms with Gasteiger partial charge in [-0.05, 0) is 24.3 Å². The van der Waals surface area contributed by atoms with Crippen molar-refractivity contribution in [3.8, 4) is 0 Å². The summed E-state index contributed by atoms with van der Waals surface area (Å²) >= 11 is 0. The van der Waals surface area contributed by atoms with Crippen LogP contribution in [0, 0.1) is 0 Å². The van der Waals surface area contributed by atoms with Crippen LogP contribution in [-0.4, -0.2) is 41.6 Å². The molecule has 2 N–H and O–H groups in total. The molecule has 6 heteroatoms. The molecule has 2 heterocycles. The Morgan fingerprint density at radius 3 is 2.57 bits per heavy atom. The van der Waals surface area contributed by atoms with Crippen molar-refractivity contribution in [3.63, 3.8) is 0 Å². The number of benzene rings is 1. The number of rotatable bonds is 2. The number of fused-ring (bicyclic) bond motifs is 1. The van der Waals surface area contributed by atoms with Crippen LogP contribution in [0.3, 0.4) is 0 Å². The van der Waals surface area contributed by atoms with E-state index >= 15 is 0 Å². The maximum absolute atomic E-state index is 12.5. The predicted octanol–water partition coefficient (Wildman–Crippen LogP) is 0.967. The van der Waals surface area contributed by atoms with Gasteiger partial charge < -0.3 is 14.9 Å². The molecule has 1 aliphatic heterocycles. The Balaban J connectivity index is 1.80. The maximum atomic E-state index is 12.5. The molecule has 0 spiro atoms. The van der Waals surface area contributed by atoms with Crippen LogP contribution in [-0.2, 0) is 13.0 Å². The summed E-state index contributed by atoms with van der Waals surface area (Å²) in [6.45, 7) is 0.984. The first-order chi connectivity index (χ1) is 10.1. The summed E-state index contributed by atoms with van der Waals surface area (Å²) in [6, 6.07) is 7.50. The molecule has 0 radical (unpaired) electrons. The molecular formula is C15H18N4O2. The highest BCUT2D eigenvalue weighted by Crippen LogP contribution is 2.18. The number of nitrogens with zero attached hydrogens (tertiary/aromatic N) is 2. The highest BCUT2D eigenvalue weighted by atomic mass is 16.2. The van der Waals surface area contributed by atoms with Gasteiger partial charge in [0.25, 0.3) is 11.5 Å². The number of hydrogen-bond donors (Lipinski definition) is 2. The van der Waals surface area contributed by atoms with Gasteiger partial charge in [-0.25, -0.2) is 0 Å². The van der Waals surface area contributed by atoms with Crippen molar-refractivity contribution in [3.05, 3.63) is 51.4 Å². The molecule has 0 fully saturated rings. The number of carbonyl (C=O) groups excluding carboxylic acids is 1. The van der Waals surface area contributed by atoms with Crippen LogP contribution in [0.4, 0.5) is 5.69 Å². The van der Waals surface area contributed by atoms with Gasteiger partial charge in [-0.3, -0.25) is 14.7 Å². The summed E-state index contributed by atoms with van der Waals surface area (Å²) in [7, 11) is 3.92. The molecule has 0 bridgehead atoms. The molecular weight excluding hydrogens is 268 g/mol. The molecule has 2 aromatic rings. The van der Waals surface area contributed by atoms with Crippen molar-refractivity contribution in [1.29, 1.82) is 0 Å². The topological polar surface area (TPSA) is 72.2 Å². The normalized spacial score (nSPS) is 13.9. The first-order valence-corrected chi connectivity index (χ1v) is 6.91. The van der Waals surface area contributed by atoms with Gasteiger partial charge in [-0.15, -0.1) is 0 Å². The fourth-order valence-electron chi connectivity index (χ4n) is 2.58. The van der Waals surface area contributed by atoms with Crippen LogP contribution >= 0.6 is 0 Å². The summed E-state index contributed by atoms with van der Waals surface area (Å²) in [5.74, 6) is -0.0356. The number of nitrogens with one attached hydrogen (secondary N) is 2. The van der Waals surface area contributed by atoms with E-state index < -0.39 is 0 Å². The SMILES string of the molecule is CN(C)c1ccc(C(=O)N2CCc3[nH][nH]c(=O)c3C2)cc1. The summed E-state index contributed by atoms with van der Waals surface area (Å²) in [4.78, 5) is 27.9. The smallest absolute Gasteiger partial charge is 0.269 e. The molecule has 110 valence electrons. The van der Waals surface area contributed by atoms with Crippen molar-refractivity contribution in [2.24, 2.45) is 0 Å². The third-order valence-corrected chi connectivity index (χ3v) is 3.86. The second-order valence-electron chi connectivity index (χ2n) is 5.45. The Bertz CT molecular complexity index is 712. The highest BCUT2D eigenvalue weighted by molar-refractivity contribution is 5.94. The van der Waals surface area contributed by atoms with E-state index in [2.05, 4.69) is 10.2 Å². The lowest BCUT2D eigenvalue weighted by Gasteiger charge is -2.26. The van der Waals surface area contributed by atoms with Gasteiger partial charge in [0.1, 0.15) is 0 Å². The Kier molecular flexibility index (Phi) is 3.29. The predicted molar refractivity (Wildman–Crippen MR) is 80.6 cm³/mol. The van der Waals surface area contributed by atoms with E-state index in [0.717, 1.165) is 11.4 Å². The van der Waals surface area contributed by atoms with Gasteiger partial charge >= 0.3 is 0 Å². The van der Waals surface area contributed by atoms with E-state index in [1.54, 1.807) is 4.90 Å². The molecule has 1 aromatic heterocycles. The minimum atomic E-state index is -0.134. The fraction of sp³-hybridized carbons (Fsp3) is 0.333. The van der Waals surface area contributed by atoms with Crippen molar-refractivity contribution in [1.82, 2.24) is 15.1 Å². The Morgan fingerprint density at radius 2 is 1.90 bits per heavy atom. The van der Waals surface area contributed by atoms with Crippen molar-refractivity contribution in [2.75, 3.05) is 25.5 Å². The third kappa shape index (κ3) is 2.44. The zero-order chi connectivity index (χ0) is 15.0. The molecule has 1 amide bonds. The van der Waals surface area contributed by atoms with Crippen molar-refractivity contribution < 1.29 is 4.79 Å². The lowest BCUT2D eigenvalue weighted by atomic mass is 10.1. The number of carbonyl (C=O) groups is 1. The van der Waals surface area contributed by atoms with E-state index in [0.29, 0.717) is 30.6 Å². The first-order valence-electron chi connectivity index (χ1n) is 6.91. The molecule has 0 unspecified atom stereocenters. The van der Waals surface area contributed by atoms with E-state index in [1.807, 2.05) is 43.3 Å². The van der Waals surface area contributed by atoms with Crippen molar-refractivity contribution >= 4 is 11.6 Å². The molecule has 0 aliphatic carbocycles. The molecule has 0 atom stereocenters. The van der Waals surface area contributed by atoms with Crippen LogP contribution in [0.25, 0.3) is 0 Å². The zero-order valence-corrected chi connectivity index (χ0v) is 12.1. The highest BCUT2D eigenvalue weighted by Gasteiger charge is 2.24. The largest absolute Gasteiger partial charge is 0.378 e. The van der Waals surface area contributed by atoms with E-state index in [1.165, 1.54) is 0 Å². The van der Waals surface area contributed by atoms with Crippen molar-refractivity contribution in [2.45, 2.75) is 13.0 Å².